The van der Waals surface area contributed by atoms with Gasteiger partial charge in [-0.15, -0.1) is 11.3 Å². The van der Waals surface area contributed by atoms with Gasteiger partial charge in [0.1, 0.15) is 4.34 Å². The number of carbonyl (C=O) groups excluding carboxylic acids is 1. The van der Waals surface area contributed by atoms with E-state index in [1.807, 2.05) is 30.3 Å². The first-order valence-corrected chi connectivity index (χ1v) is 9.05. The third kappa shape index (κ3) is 2.70. The average molecular weight is 379 g/mol. The van der Waals surface area contributed by atoms with E-state index in [1.54, 1.807) is 6.07 Å². The Kier molecular flexibility index (Phi) is 3.73. The normalized spacial score (nSPS) is 11.2. The van der Waals surface area contributed by atoms with E-state index in [4.69, 9.17) is 23.2 Å². The molecule has 0 aliphatic rings. The summed E-state index contributed by atoms with van der Waals surface area (Å²) in [7, 11) is 0. The molecule has 4 aromatic rings. The number of nitrogens with zero attached hydrogens (tertiary/aromatic N) is 1. The Bertz CT molecular complexity index is 1050. The number of fused-ring (bicyclic) bond motifs is 3. The zero-order valence-corrected chi connectivity index (χ0v) is 14.6. The second-order valence-corrected chi connectivity index (χ2v) is 8.16. The van der Waals surface area contributed by atoms with Crippen LogP contribution in [0.25, 0.3) is 21.0 Å². The molecule has 1 amide bonds. The predicted octanol–water partition coefficient (Wildman–Crippen LogP) is 6.07. The van der Waals surface area contributed by atoms with Crippen molar-refractivity contribution in [3.63, 3.8) is 0 Å². The highest BCUT2D eigenvalue weighted by molar-refractivity contribution is 7.22. The van der Waals surface area contributed by atoms with Crippen LogP contribution in [0, 0.1) is 0 Å². The Morgan fingerprint density at radius 3 is 2.70 bits per heavy atom. The van der Waals surface area contributed by atoms with Crippen molar-refractivity contribution in [1.29, 1.82) is 0 Å². The highest BCUT2D eigenvalue weighted by Crippen LogP contribution is 2.34. The van der Waals surface area contributed by atoms with Gasteiger partial charge >= 0.3 is 0 Å². The molecule has 2 heterocycles. The molecule has 1 N–H and O–H groups in total. The number of thiazole rings is 1. The van der Waals surface area contributed by atoms with Crippen LogP contribution in [0.1, 0.15) is 10.4 Å². The molecule has 0 radical (unpaired) electrons. The number of rotatable bonds is 2. The van der Waals surface area contributed by atoms with Crippen LogP contribution < -0.4 is 5.32 Å². The van der Waals surface area contributed by atoms with Gasteiger partial charge in [0, 0.05) is 5.39 Å². The van der Waals surface area contributed by atoms with Gasteiger partial charge < -0.3 is 0 Å². The van der Waals surface area contributed by atoms with E-state index in [9.17, 15) is 4.79 Å². The topological polar surface area (TPSA) is 42.0 Å². The summed E-state index contributed by atoms with van der Waals surface area (Å²) in [5.41, 5.74) is 1.25. The molecule has 0 saturated carbocycles. The lowest BCUT2D eigenvalue weighted by Gasteiger charge is -1.99. The SMILES string of the molecule is O=C(Nc1nc2c(ccc3ccccc32)s1)c1cc(Cl)sc1Cl. The van der Waals surface area contributed by atoms with Crippen LogP contribution in [0.2, 0.25) is 8.67 Å². The van der Waals surface area contributed by atoms with Crippen molar-refractivity contribution < 1.29 is 4.79 Å². The van der Waals surface area contributed by atoms with Crippen LogP contribution in [-0.2, 0) is 0 Å². The van der Waals surface area contributed by atoms with Crippen LogP contribution in [0.5, 0.6) is 0 Å². The first-order chi connectivity index (χ1) is 11.1. The Balaban J connectivity index is 1.73. The van der Waals surface area contributed by atoms with Crippen molar-refractivity contribution in [2.24, 2.45) is 0 Å². The minimum absolute atomic E-state index is 0.304. The largest absolute Gasteiger partial charge is 0.298 e. The van der Waals surface area contributed by atoms with Crippen molar-refractivity contribution in [2.75, 3.05) is 5.32 Å². The van der Waals surface area contributed by atoms with Gasteiger partial charge in [0.2, 0.25) is 0 Å². The zero-order chi connectivity index (χ0) is 16.0. The second-order valence-electron chi connectivity index (χ2n) is 4.84. The number of thiophene rings is 1. The highest BCUT2D eigenvalue weighted by atomic mass is 35.5. The summed E-state index contributed by atoms with van der Waals surface area (Å²) in [6.45, 7) is 0. The summed E-state index contributed by atoms with van der Waals surface area (Å²) in [4.78, 5) is 16.9. The molecule has 4 rings (SSSR count). The number of nitrogens with one attached hydrogen (secondary N) is 1. The first-order valence-electron chi connectivity index (χ1n) is 6.66. The van der Waals surface area contributed by atoms with Crippen molar-refractivity contribution in [3.05, 3.63) is 56.7 Å². The van der Waals surface area contributed by atoms with Gasteiger partial charge in [0.05, 0.1) is 20.1 Å². The molecule has 0 aliphatic heterocycles. The molecule has 23 heavy (non-hydrogen) atoms. The maximum absolute atomic E-state index is 12.3. The molecule has 0 spiro atoms. The lowest BCUT2D eigenvalue weighted by atomic mass is 10.1. The second kappa shape index (κ2) is 5.76. The third-order valence-corrected chi connectivity index (χ3v) is 5.83. The summed E-state index contributed by atoms with van der Waals surface area (Å²) in [5.74, 6) is -0.304. The first kappa shape index (κ1) is 14.9. The lowest BCUT2D eigenvalue weighted by Crippen LogP contribution is -2.10. The Hall–Kier alpha value is -1.66. The molecule has 0 saturated heterocycles. The molecule has 114 valence electrons. The molecule has 2 aromatic heterocycles. The van der Waals surface area contributed by atoms with Gasteiger partial charge in [-0.2, -0.15) is 0 Å². The smallest absolute Gasteiger partial charge is 0.259 e. The number of benzene rings is 2. The maximum atomic E-state index is 12.3. The van der Waals surface area contributed by atoms with E-state index < -0.39 is 0 Å². The van der Waals surface area contributed by atoms with E-state index >= 15 is 0 Å². The summed E-state index contributed by atoms with van der Waals surface area (Å²) >= 11 is 14.5. The van der Waals surface area contributed by atoms with E-state index in [1.165, 1.54) is 22.7 Å². The molecule has 0 unspecified atom stereocenters. The minimum Gasteiger partial charge on any atom is -0.298 e. The summed E-state index contributed by atoms with van der Waals surface area (Å²) in [6.07, 6.45) is 0. The van der Waals surface area contributed by atoms with Crippen LogP contribution in [0.15, 0.2) is 42.5 Å². The molecular formula is C16H8Cl2N2OS2. The predicted molar refractivity (Wildman–Crippen MR) is 99.4 cm³/mol. The van der Waals surface area contributed by atoms with E-state index in [-0.39, 0.29) is 5.91 Å². The van der Waals surface area contributed by atoms with Crippen LogP contribution in [-0.4, -0.2) is 10.9 Å². The Morgan fingerprint density at radius 1 is 1.09 bits per heavy atom. The molecule has 3 nitrogen and oxygen atoms in total. The monoisotopic (exact) mass is 378 g/mol. The third-order valence-electron chi connectivity index (χ3n) is 3.41. The number of anilines is 1. The maximum Gasteiger partial charge on any atom is 0.259 e. The fourth-order valence-corrected chi connectivity index (χ4v) is 4.71. The Morgan fingerprint density at radius 2 is 1.91 bits per heavy atom. The van der Waals surface area contributed by atoms with Crippen LogP contribution >= 0.6 is 45.9 Å². The van der Waals surface area contributed by atoms with Crippen LogP contribution in [0.4, 0.5) is 5.13 Å². The van der Waals surface area contributed by atoms with Crippen molar-refractivity contribution in [1.82, 2.24) is 4.98 Å². The lowest BCUT2D eigenvalue weighted by molar-refractivity contribution is 0.102. The molecule has 0 bridgehead atoms. The van der Waals surface area contributed by atoms with Gasteiger partial charge in [-0.3, -0.25) is 10.1 Å². The summed E-state index contributed by atoms with van der Waals surface area (Å²) < 4.78 is 1.88. The molecular weight excluding hydrogens is 371 g/mol. The fourth-order valence-electron chi connectivity index (χ4n) is 2.37. The number of amides is 1. The van der Waals surface area contributed by atoms with Crippen LogP contribution in [0.3, 0.4) is 0 Å². The van der Waals surface area contributed by atoms with Gasteiger partial charge in [0.15, 0.2) is 5.13 Å². The van der Waals surface area contributed by atoms with Crippen molar-refractivity contribution in [3.8, 4) is 0 Å². The Labute approximate surface area is 149 Å². The average Bonchev–Trinajstić information content (AvgIpc) is 3.09. The number of aromatic nitrogens is 1. The molecule has 0 atom stereocenters. The summed E-state index contributed by atoms with van der Waals surface area (Å²) in [6, 6.07) is 13.7. The van der Waals surface area contributed by atoms with Gasteiger partial charge in [-0.1, -0.05) is 64.9 Å². The standard InChI is InChI=1S/C16H8Cl2N2OS2/c17-12-7-10(14(18)23-12)15(21)20-16-19-13-9-4-2-1-3-8(9)5-6-11(13)22-16/h1-7H,(H,19,20,21). The molecule has 2 aromatic carbocycles. The van der Waals surface area contributed by atoms with Crippen molar-refractivity contribution >= 4 is 77.9 Å². The fraction of sp³-hybridized carbons (Fsp3) is 0. The van der Waals surface area contributed by atoms with Gasteiger partial charge in [-0.25, -0.2) is 4.98 Å². The molecule has 0 aliphatic carbocycles. The zero-order valence-electron chi connectivity index (χ0n) is 11.5. The van der Waals surface area contributed by atoms with E-state index in [2.05, 4.69) is 16.4 Å². The van der Waals surface area contributed by atoms with Crippen molar-refractivity contribution in [2.45, 2.75) is 0 Å². The van der Waals surface area contributed by atoms with E-state index in [0.717, 1.165) is 21.0 Å². The number of carbonyl (C=O) groups is 1. The molecule has 0 fully saturated rings. The highest BCUT2D eigenvalue weighted by Gasteiger charge is 2.16. The van der Waals surface area contributed by atoms with Gasteiger partial charge in [-0.05, 0) is 17.5 Å². The number of hydrogen-bond donors (Lipinski definition) is 1. The molecule has 7 heteroatoms. The number of hydrogen-bond acceptors (Lipinski definition) is 4. The minimum atomic E-state index is -0.304. The van der Waals surface area contributed by atoms with E-state index in [0.29, 0.717) is 19.4 Å². The van der Waals surface area contributed by atoms with Gasteiger partial charge in [0.25, 0.3) is 5.91 Å². The quantitative estimate of drug-likeness (QED) is 0.459. The number of halogens is 2. The summed E-state index contributed by atoms with van der Waals surface area (Å²) in [5, 5.41) is 5.53.